The maximum absolute atomic E-state index is 13.0. The number of hydrogen-bond donors (Lipinski definition) is 2. The molecule has 1 aliphatic carbocycles. The van der Waals surface area contributed by atoms with Crippen LogP contribution >= 0.6 is 0 Å². The van der Waals surface area contributed by atoms with Gasteiger partial charge in [0.1, 0.15) is 24.2 Å². The number of allylic oxidation sites excluding steroid dienone is 1. The van der Waals surface area contributed by atoms with Crippen molar-refractivity contribution in [3.8, 4) is 5.75 Å². The second kappa shape index (κ2) is 6.82. The number of phenols is 1. The molecule has 1 aliphatic heterocycles. The van der Waals surface area contributed by atoms with Crippen molar-refractivity contribution in [1.29, 1.82) is 0 Å². The minimum Gasteiger partial charge on any atom is -0.508 e. The van der Waals surface area contributed by atoms with Gasteiger partial charge >= 0.3 is 5.97 Å². The van der Waals surface area contributed by atoms with E-state index >= 15 is 0 Å². The van der Waals surface area contributed by atoms with Gasteiger partial charge in [-0.15, -0.1) is 0 Å². The molecule has 2 aliphatic rings. The standard InChI is InChI=1S/C19H22N4O3/c1-12-16(18(25)26-15-5-3-2-4-6-15)17(13-7-9-14(24)10-8-13)23-19(22-12)20-11-21-23/h7-11,15,17,24H,2-6H2,1H3,(H,20,21,22). The minimum atomic E-state index is -0.439. The third kappa shape index (κ3) is 3.05. The van der Waals surface area contributed by atoms with Crippen molar-refractivity contribution >= 4 is 11.9 Å². The first-order chi connectivity index (χ1) is 12.6. The van der Waals surface area contributed by atoms with Crippen LogP contribution in [0.1, 0.15) is 50.6 Å². The van der Waals surface area contributed by atoms with Crippen molar-refractivity contribution in [3.05, 3.63) is 47.4 Å². The molecule has 0 amide bonds. The summed E-state index contributed by atoms with van der Waals surface area (Å²) >= 11 is 0. The first kappa shape index (κ1) is 16.6. The number of anilines is 1. The predicted molar refractivity (Wildman–Crippen MR) is 95.6 cm³/mol. The van der Waals surface area contributed by atoms with Crippen LogP contribution in [0.4, 0.5) is 5.95 Å². The first-order valence-electron chi connectivity index (χ1n) is 9.00. The van der Waals surface area contributed by atoms with Crippen LogP contribution in [0, 0.1) is 0 Å². The Kier molecular flexibility index (Phi) is 4.36. The van der Waals surface area contributed by atoms with Gasteiger partial charge in [-0.1, -0.05) is 18.6 Å². The quantitative estimate of drug-likeness (QED) is 0.823. The summed E-state index contributed by atoms with van der Waals surface area (Å²) < 4.78 is 7.50. The van der Waals surface area contributed by atoms with E-state index in [1.807, 2.05) is 6.92 Å². The molecular weight excluding hydrogens is 332 g/mol. The first-order valence-corrected chi connectivity index (χ1v) is 9.00. The monoisotopic (exact) mass is 354 g/mol. The average molecular weight is 354 g/mol. The van der Waals surface area contributed by atoms with E-state index in [0.29, 0.717) is 17.2 Å². The van der Waals surface area contributed by atoms with E-state index < -0.39 is 6.04 Å². The third-order valence-electron chi connectivity index (χ3n) is 5.05. The molecule has 0 spiro atoms. The van der Waals surface area contributed by atoms with E-state index in [1.165, 1.54) is 12.7 Å². The molecule has 0 bridgehead atoms. The lowest BCUT2D eigenvalue weighted by Crippen LogP contribution is -2.31. The fourth-order valence-electron chi connectivity index (χ4n) is 3.72. The van der Waals surface area contributed by atoms with Crippen molar-refractivity contribution in [3.63, 3.8) is 0 Å². The van der Waals surface area contributed by atoms with Gasteiger partial charge in [-0.3, -0.25) is 0 Å². The Bertz CT molecular complexity index is 835. The fourth-order valence-corrected chi connectivity index (χ4v) is 3.72. The molecule has 1 atom stereocenters. The summed E-state index contributed by atoms with van der Waals surface area (Å²) in [6.07, 6.45) is 6.68. The SMILES string of the molecule is CC1=C(C(=O)OC2CCCCC2)C(c2ccc(O)cc2)n2ncnc2N1. The van der Waals surface area contributed by atoms with Gasteiger partial charge in [-0.05, 0) is 50.3 Å². The van der Waals surface area contributed by atoms with E-state index in [1.54, 1.807) is 28.9 Å². The van der Waals surface area contributed by atoms with Gasteiger partial charge in [0.15, 0.2) is 0 Å². The van der Waals surface area contributed by atoms with Crippen molar-refractivity contribution in [2.24, 2.45) is 0 Å². The summed E-state index contributed by atoms with van der Waals surface area (Å²) in [6, 6.07) is 6.35. The van der Waals surface area contributed by atoms with Gasteiger partial charge < -0.3 is 15.2 Å². The molecule has 1 fully saturated rings. The van der Waals surface area contributed by atoms with Crippen LogP contribution < -0.4 is 5.32 Å². The van der Waals surface area contributed by atoms with Gasteiger partial charge in [-0.2, -0.15) is 10.1 Å². The van der Waals surface area contributed by atoms with E-state index in [9.17, 15) is 9.90 Å². The van der Waals surface area contributed by atoms with Crippen LogP contribution in [0.3, 0.4) is 0 Å². The molecule has 2 aromatic rings. The second-order valence-electron chi connectivity index (χ2n) is 6.85. The molecule has 0 radical (unpaired) electrons. The predicted octanol–water partition coefficient (Wildman–Crippen LogP) is 3.15. The molecule has 1 unspecified atom stereocenters. The maximum atomic E-state index is 13.0. The van der Waals surface area contributed by atoms with Crippen molar-refractivity contribution in [2.45, 2.75) is 51.2 Å². The van der Waals surface area contributed by atoms with Gasteiger partial charge in [0, 0.05) is 5.70 Å². The summed E-state index contributed by atoms with van der Waals surface area (Å²) in [5, 5.41) is 17.0. The zero-order valence-corrected chi connectivity index (χ0v) is 14.7. The lowest BCUT2D eigenvalue weighted by atomic mass is 9.95. The number of phenolic OH excluding ortho intramolecular Hbond substituents is 1. The number of carbonyl (C=O) groups is 1. The van der Waals surface area contributed by atoms with E-state index in [-0.39, 0.29) is 17.8 Å². The fraction of sp³-hybridized carbons (Fsp3) is 0.421. The Morgan fingerprint density at radius 2 is 1.96 bits per heavy atom. The molecule has 1 aromatic carbocycles. The molecule has 2 heterocycles. The molecule has 7 nitrogen and oxygen atoms in total. The number of esters is 1. The van der Waals surface area contributed by atoms with Gasteiger partial charge in [-0.25, -0.2) is 9.48 Å². The summed E-state index contributed by atoms with van der Waals surface area (Å²) in [7, 11) is 0. The molecule has 7 heteroatoms. The highest BCUT2D eigenvalue weighted by molar-refractivity contribution is 5.92. The minimum absolute atomic E-state index is 0.0193. The highest BCUT2D eigenvalue weighted by Gasteiger charge is 2.35. The average Bonchev–Trinajstić information content (AvgIpc) is 3.10. The Hall–Kier alpha value is -2.83. The summed E-state index contributed by atoms with van der Waals surface area (Å²) in [5.74, 6) is 0.435. The number of fused-ring (bicyclic) bond motifs is 1. The second-order valence-corrected chi connectivity index (χ2v) is 6.85. The van der Waals surface area contributed by atoms with E-state index in [2.05, 4.69) is 15.4 Å². The zero-order valence-electron chi connectivity index (χ0n) is 14.7. The number of hydrogen-bond acceptors (Lipinski definition) is 6. The number of ether oxygens (including phenoxy) is 1. The molecule has 0 saturated heterocycles. The smallest absolute Gasteiger partial charge is 0.338 e. The van der Waals surface area contributed by atoms with Gasteiger partial charge in [0.2, 0.25) is 5.95 Å². The van der Waals surface area contributed by atoms with Gasteiger partial charge in [0.25, 0.3) is 0 Å². The van der Waals surface area contributed by atoms with Crippen LogP contribution in [-0.4, -0.2) is 31.9 Å². The number of rotatable bonds is 3. The van der Waals surface area contributed by atoms with Crippen LogP contribution in [0.2, 0.25) is 0 Å². The Morgan fingerprint density at radius 1 is 1.23 bits per heavy atom. The molecule has 2 N–H and O–H groups in total. The Balaban J connectivity index is 1.69. The number of aromatic nitrogens is 3. The number of benzene rings is 1. The number of nitrogens with one attached hydrogen (secondary N) is 1. The Morgan fingerprint density at radius 3 is 2.69 bits per heavy atom. The third-order valence-corrected chi connectivity index (χ3v) is 5.05. The molecule has 1 saturated carbocycles. The molecule has 4 rings (SSSR count). The molecule has 1 aromatic heterocycles. The van der Waals surface area contributed by atoms with Crippen LogP contribution in [-0.2, 0) is 9.53 Å². The largest absolute Gasteiger partial charge is 0.508 e. The van der Waals surface area contributed by atoms with Crippen LogP contribution in [0.5, 0.6) is 5.75 Å². The van der Waals surface area contributed by atoms with E-state index in [4.69, 9.17) is 4.74 Å². The van der Waals surface area contributed by atoms with Crippen molar-refractivity contribution in [1.82, 2.24) is 14.8 Å². The topological polar surface area (TPSA) is 89.3 Å². The molecular formula is C19H22N4O3. The number of aromatic hydroxyl groups is 1. The normalized spacial score (nSPS) is 20.4. The zero-order chi connectivity index (χ0) is 18.1. The lowest BCUT2D eigenvalue weighted by molar-refractivity contribution is -0.146. The molecule has 26 heavy (non-hydrogen) atoms. The highest BCUT2D eigenvalue weighted by atomic mass is 16.5. The highest BCUT2D eigenvalue weighted by Crippen LogP contribution is 2.36. The van der Waals surface area contributed by atoms with Crippen molar-refractivity contribution in [2.75, 3.05) is 5.32 Å². The summed E-state index contributed by atoms with van der Waals surface area (Å²) in [4.78, 5) is 17.2. The van der Waals surface area contributed by atoms with Crippen LogP contribution in [0.15, 0.2) is 41.9 Å². The lowest BCUT2D eigenvalue weighted by Gasteiger charge is -2.30. The molecule has 136 valence electrons. The van der Waals surface area contributed by atoms with Crippen molar-refractivity contribution < 1.29 is 14.6 Å². The summed E-state index contributed by atoms with van der Waals surface area (Å²) in [5.41, 5.74) is 2.08. The van der Waals surface area contributed by atoms with E-state index in [0.717, 1.165) is 31.2 Å². The Labute approximate surface area is 151 Å². The van der Waals surface area contributed by atoms with Gasteiger partial charge in [0.05, 0.1) is 5.57 Å². The number of nitrogens with zero attached hydrogens (tertiary/aromatic N) is 3. The summed E-state index contributed by atoms with van der Waals surface area (Å²) in [6.45, 7) is 1.85. The number of carbonyl (C=O) groups excluding carboxylic acids is 1. The van der Waals surface area contributed by atoms with Crippen LogP contribution in [0.25, 0.3) is 0 Å². The maximum Gasteiger partial charge on any atom is 0.338 e.